The number of imidazole rings is 1. The van der Waals surface area contributed by atoms with E-state index in [-0.39, 0.29) is 32.6 Å². The third-order valence-electron chi connectivity index (χ3n) is 15.7. The quantitative estimate of drug-likeness (QED) is 0.107. The second-order valence-electron chi connectivity index (χ2n) is 22.8. The fraction of sp³-hybridized carbons (Fsp3) is 0.349. The normalized spacial score (nSPS) is 33.0. The van der Waals surface area contributed by atoms with E-state index in [0.717, 1.165) is 34.4 Å². The second kappa shape index (κ2) is 21.4. The smallest absolute Gasteiger partial charge is 0.268 e. The molecule has 3 aliphatic rings. The standard InChI is InChI=1S/C83H86N4O.Pt/c1-16-83(15)43-42-82(13,14)70-47-56(29-35-67(70)83)62-25-20-24-61(55-28-34-66-69(46-55)81(11,12)41-39-79(66,7)8)76(62)86-52-85(74-48-54(30-36-72(74)86)53-27-33-65-68(45-53)80(9,10)40-38-78(65,5)6)58-21-19-22-59(50-58)88-60-31-32-64-63-23-17-18-26-71(63)87(73(64)51-60)75-49-57(37-44-84-75)77(2,3)4;/h17-37,44-49H,16,38-43H2,1-15H3;/q-2;/i5D3,6D3,7D3,8D3,9D3,10D3,11D3,12D3,13D3,14D3,15D3,16D2,27D,28D,29D,33D,34D,35D,38D2,39D2,40D2,41D2,42D2,43D2,45D,46D,47D;. The summed E-state index contributed by atoms with van der Waals surface area (Å²) in [6.07, 6.45) is -29.1. The van der Waals surface area contributed by atoms with Crippen molar-refractivity contribution in [2.75, 3.05) is 0 Å². The van der Waals surface area contributed by atoms with Crippen molar-refractivity contribution in [2.24, 2.45) is 0 Å². The maximum absolute atomic E-state index is 10.7. The molecule has 0 saturated carbocycles. The zero-order valence-electron chi connectivity index (χ0n) is 103. The summed E-state index contributed by atoms with van der Waals surface area (Å²) in [6.45, 7) is -45.3. The van der Waals surface area contributed by atoms with E-state index in [2.05, 4.69) is 18.5 Å². The molecule has 3 aromatic heterocycles. The first-order valence-corrected chi connectivity index (χ1v) is 27.3. The molecule has 456 valence electrons. The van der Waals surface area contributed by atoms with E-state index in [9.17, 15) is 48.0 Å². The molecule has 3 aliphatic carbocycles. The monoisotopic (exact) mass is 1410 g/mol. The molecule has 0 amide bonds. The van der Waals surface area contributed by atoms with Crippen LogP contribution in [0.2, 0.25) is 0 Å². The Morgan fingerprint density at radius 1 is 0.573 bits per heavy atom. The Balaban J connectivity index is 0.0000176. The van der Waals surface area contributed by atoms with Crippen LogP contribution in [0.4, 0.5) is 0 Å². The van der Waals surface area contributed by atoms with Crippen molar-refractivity contribution in [3.05, 3.63) is 221 Å². The minimum Gasteiger partial charge on any atom is -0.510 e. The molecule has 0 radical (unpaired) electrons. The third kappa shape index (κ3) is 10.3. The Morgan fingerprint density at radius 3 is 1.80 bits per heavy atom. The van der Waals surface area contributed by atoms with E-state index in [1.54, 1.807) is 35.0 Å². The molecule has 3 heterocycles. The summed E-state index contributed by atoms with van der Waals surface area (Å²) in [6, 6.07) is 11.2. The van der Waals surface area contributed by atoms with Gasteiger partial charge >= 0.3 is 0 Å². The minimum absolute atomic E-state index is 0. The molecule has 0 spiro atoms. The molecule has 14 rings (SSSR count). The topological polar surface area (TPSA) is 35.9 Å². The van der Waals surface area contributed by atoms with Crippen molar-refractivity contribution >= 4 is 32.8 Å². The van der Waals surface area contributed by atoms with Crippen LogP contribution in [0.25, 0.3) is 83.4 Å². The fourth-order valence-electron chi connectivity index (χ4n) is 11.2. The van der Waals surface area contributed by atoms with E-state index in [1.165, 1.54) is 18.2 Å². The fourth-order valence-corrected chi connectivity index (χ4v) is 11.2. The molecule has 11 aromatic rings. The first-order valence-electron chi connectivity index (χ1n) is 55.3. The summed E-state index contributed by atoms with van der Waals surface area (Å²) < 4.78 is 538. The van der Waals surface area contributed by atoms with Gasteiger partial charge in [-0.05, 0) is 190 Å². The van der Waals surface area contributed by atoms with Crippen LogP contribution in [0.15, 0.2) is 164 Å². The summed E-state index contributed by atoms with van der Waals surface area (Å²) in [4.78, 5) is 4.72. The van der Waals surface area contributed by atoms with Crippen LogP contribution in [-0.4, -0.2) is 14.1 Å². The van der Waals surface area contributed by atoms with Gasteiger partial charge in [0.2, 0.25) is 0 Å². The van der Waals surface area contributed by atoms with Gasteiger partial charge < -0.3 is 13.9 Å². The Kier molecular flexibility index (Phi) is 5.71. The molecule has 8 aromatic carbocycles. The summed E-state index contributed by atoms with van der Waals surface area (Å²) in [7, 11) is 0. The molecule has 0 saturated heterocycles. The maximum atomic E-state index is 10.7. The van der Waals surface area contributed by atoms with Crippen LogP contribution >= 0.6 is 0 Å². The van der Waals surface area contributed by atoms with Gasteiger partial charge in [-0.1, -0.05) is 211 Å². The Morgan fingerprint density at radius 2 is 1.16 bits per heavy atom. The molecule has 0 aliphatic heterocycles. The summed E-state index contributed by atoms with van der Waals surface area (Å²) in [5.41, 5.74) is -50.5. The van der Waals surface area contributed by atoms with Crippen LogP contribution in [0, 0.1) is 18.5 Å². The number of hydrogen-bond acceptors (Lipinski definition) is 2. The molecule has 0 fully saturated rings. The zero-order valence-corrected chi connectivity index (χ0v) is 49.7. The van der Waals surface area contributed by atoms with E-state index >= 15 is 0 Å². The van der Waals surface area contributed by atoms with Gasteiger partial charge in [-0.3, -0.25) is 4.57 Å². The van der Waals surface area contributed by atoms with Gasteiger partial charge in [-0.25, -0.2) is 4.98 Å². The Hall–Kier alpha value is -7.33. The van der Waals surface area contributed by atoms with Gasteiger partial charge in [0.15, 0.2) is 0 Å². The van der Waals surface area contributed by atoms with Crippen LogP contribution < -0.4 is 9.30 Å². The largest absolute Gasteiger partial charge is 0.510 e. The van der Waals surface area contributed by atoms with Crippen molar-refractivity contribution in [1.82, 2.24) is 14.1 Å². The minimum atomic E-state index is -5.07. The predicted octanol–water partition coefficient (Wildman–Crippen LogP) is 21.3. The molecule has 6 heteroatoms. The predicted molar refractivity (Wildman–Crippen MR) is 365 cm³/mol. The maximum Gasteiger partial charge on any atom is 0.268 e. The zero-order chi connectivity index (χ0) is 110. The Bertz CT molecular complexity index is 6890. The molecule has 1 atom stereocenters. The van der Waals surface area contributed by atoms with Gasteiger partial charge in [0, 0.05) is 109 Å². The molecule has 1 unspecified atom stereocenters. The first-order chi connectivity index (χ1) is 64.6. The molecule has 89 heavy (non-hydrogen) atoms. The average Bonchev–Trinajstić information content (AvgIpc) is 0.921. The molecular weight excluding hydrogens is 1260 g/mol. The van der Waals surface area contributed by atoms with Crippen molar-refractivity contribution in [1.29, 1.82) is 0 Å². The summed E-state index contributed by atoms with van der Waals surface area (Å²) in [5.74, 6) is -0.0928. The van der Waals surface area contributed by atoms with Gasteiger partial charge in [0.25, 0.3) is 6.33 Å². The third-order valence-corrected chi connectivity index (χ3v) is 15.7. The van der Waals surface area contributed by atoms with E-state index < -0.39 is 301 Å². The second-order valence-corrected chi connectivity index (χ2v) is 22.8. The number of pyridine rings is 1. The molecule has 5 nitrogen and oxygen atoms in total. The van der Waals surface area contributed by atoms with Crippen molar-refractivity contribution in [3.8, 4) is 62.1 Å². The summed E-state index contributed by atoms with van der Waals surface area (Å²) in [5, 5.41) is 1.27. The van der Waals surface area contributed by atoms with Crippen molar-refractivity contribution in [3.63, 3.8) is 0 Å². The number of rotatable bonds is 9. The SMILES string of the molecule is [2H]c1c([2H])c2c(c([2H])c1-c1ccc3c(c1)n(-c1[c-]c(Oc4[c-]c5c(cc4)c4ccccc4n5-c4cc(C(C)(C)C)ccn4)ccc1)[c-][n+]3-c1c(-c3c([2H])c([2H])c4c(c3[2H])C(C([2H])([2H])[2H])(C([2H])([2H])[2H])C([2H])([2H])C([2H])([2H])C4(C([2H])([2H])[2H])C([2H])([2H])[2H])cccc1-c1c([2H])c([2H])c3c(c1[2H])C(C([2H])([2H])[2H])(C([2H])([2H])[2H])C([2H])([2H])C([2H])([2H])C3(C([2H])([2H])[2H])C([2H])([2H])C)C(C([2H])([2H])[2H])(C([2H])([2H])[2H])C([2H])([2H])C([2H])([2H])C2(C([2H])([2H])[2H])C([2H])([2H])[2H].[Pt]. The van der Waals surface area contributed by atoms with Crippen LogP contribution in [-0.2, 0) is 59.0 Å². The molecule has 0 N–H and O–H groups in total. The van der Waals surface area contributed by atoms with E-state index in [4.69, 9.17) is 38.5 Å². The number of hydrogen-bond donors (Lipinski definition) is 0. The van der Waals surface area contributed by atoms with Crippen molar-refractivity contribution < 1.29 is 107 Å². The average molecular weight is 1410 g/mol. The number of benzene rings is 8. The number of para-hydroxylation sites is 2. The first kappa shape index (κ1) is 23.7. The van der Waals surface area contributed by atoms with Crippen molar-refractivity contribution in [2.45, 2.75) is 186 Å². The number of ether oxygens (including phenoxy) is 1. The van der Waals surface area contributed by atoms with Gasteiger partial charge in [0.1, 0.15) is 5.82 Å². The number of fused-ring (bicyclic) bond motifs is 7. The number of aromatic nitrogens is 4. The molecular formula is C83H86N4OPt-2. The number of nitrogens with zero attached hydrogens (tertiary/aromatic N) is 4. The van der Waals surface area contributed by atoms with Crippen LogP contribution in [0.5, 0.6) is 11.5 Å². The summed E-state index contributed by atoms with van der Waals surface area (Å²) >= 11 is 0. The molecule has 0 bridgehead atoms. The van der Waals surface area contributed by atoms with Crippen LogP contribution in [0.3, 0.4) is 0 Å². The van der Waals surface area contributed by atoms with E-state index in [1.807, 2.05) is 39.0 Å². The van der Waals surface area contributed by atoms with Gasteiger partial charge in [-0.2, -0.15) is 18.2 Å². The van der Waals surface area contributed by atoms with E-state index in [0.29, 0.717) is 57.3 Å². The van der Waals surface area contributed by atoms with Gasteiger partial charge in [0.05, 0.1) is 29.1 Å². The van der Waals surface area contributed by atoms with Gasteiger partial charge in [-0.15, -0.1) is 29.7 Å². The Labute approximate surface area is 622 Å². The van der Waals surface area contributed by atoms with Crippen LogP contribution in [0.1, 0.15) is 263 Å².